The molecule has 1 fully saturated rings. The van der Waals surface area contributed by atoms with Crippen LogP contribution in [0.2, 0.25) is 0 Å². The Morgan fingerprint density at radius 3 is 2.54 bits per heavy atom. The van der Waals surface area contributed by atoms with Crippen molar-refractivity contribution in [2.75, 3.05) is 13.7 Å². The van der Waals surface area contributed by atoms with Gasteiger partial charge in [0, 0.05) is 19.2 Å². The van der Waals surface area contributed by atoms with Gasteiger partial charge in [-0.2, -0.15) is 0 Å². The molecule has 2 aromatic rings. The summed E-state index contributed by atoms with van der Waals surface area (Å²) in [5.41, 5.74) is 2.20. The van der Waals surface area contributed by atoms with E-state index < -0.39 is 0 Å². The number of carbonyl (C=O) groups is 1. The first-order valence-electron chi connectivity index (χ1n) is 8.61. The second kappa shape index (κ2) is 9.06. The Kier molecular flexibility index (Phi) is 6.79. The molecule has 3 rings (SSSR count). The molecule has 1 atom stereocenters. The zero-order chi connectivity index (χ0) is 17.4. The number of likely N-dealkylation sites (tertiary alicyclic amines) is 1. The molecule has 2 heterocycles. The van der Waals surface area contributed by atoms with Gasteiger partial charge < -0.3 is 9.64 Å². The number of ether oxygens (including phenoxy) is 1. The number of rotatable bonds is 5. The molecule has 1 aliphatic rings. The molecule has 1 aromatic carbocycles. The lowest BCUT2D eigenvalue weighted by atomic mass is 10.1. The lowest BCUT2D eigenvalue weighted by molar-refractivity contribution is -0.129. The summed E-state index contributed by atoms with van der Waals surface area (Å²) in [6.07, 6.45) is 4.11. The Morgan fingerprint density at radius 2 is 1.92 bits per heavy atom. The zero-order valence-electron chi connectivity index (χ0n) is 14.7. The van der Waals surface area contributed by atoms with Crippen molar-refractivity contribution in [2.45, 2.75) is 39.2 Å². The fourth-order valence-corrected chi connectivity index (χ4v) is 2.94. The van der Waals surface area contributed by atoms with Gasteiger partial charge in [0.2, 0.25) is 5.91 Å². The fraction of sp³-hybridized carbons (Fsp3) is 0.400. The second-order valence-corrected chi connectivity index (χ2v) is 5.49. The Hall–Kier alpha value is -2.36. The molecule has 4 heteroatoms. The zero-order valence-corrected chi connectivity index (χ0v) is 14.7. The van der Waals surface area contributed by atoms with Gasteiger partial charge in [0.25, 0.3) is 0 Å². The van der Waals surface area contributed by atoms with Crippen LogP contribution in [-0.4, -0.2) is 29.4 Å². The van der Waals surface area contributed by atoms with Gasteiger partial charge in [-0.15, -0.1) is 0 Å². The van der Waals surface area contributed by atoms with E-state index >= 15 is 0 Å². The van der Waals surface area contributed by atoms with Crippen LogP contribution in [0.5, 0.6) is 5.75 Å². The van der Waals surface area contributed by atoms with Crippen LogP contribution in [-0.2, 0) is 11.2 Å². The van der Waals surface area contributed by atoms with Crippen LogP contribution in [0.4, 0.5) is 0 Å². The summed E-state index contributed by atoms with van der Waals surface area (Å²) in [7, 11) is 1.66. The Balaban J connectivity index is 0.00000100. The number of hydrogen-bond donors (Lipinski definition) is 0. The van der Waals surface area contributed by atoms with E-state index in [1.807, 2.05) is 49.1 Å². The predicted octanol–water partition coefficient (Wildman–Crippen LogP) is 4.02. The number of pyridine rings is 1. The van der Waals surface area contributed by atoms with Crippen LogP contribution in [0.15, 0.2) is 48.7 Å². The molecule has 0 aliphatic carbocycles. The maximum absolute atomic E-state index is 12.2. The van der Waals surface area contributed by atoms with Gasteiger partial charge >= 0.3 is 0 Å². The smallest absolute Gasteiger partial charge is 0.223 e. The highest BCUT2D eigenvalue weighted by molar-refractivity contribution is 5.79. The molecule has 0 bridgehead atoms. The normalized spacial score (nSPS) is 16.5. The molecular weight excluding hydrogens is 300 g/mol. The standard InChI is InChI=1S/C18H20N2O2.C2H6/c1-22-15-7-5-14(6-8-15)11-13-20-17(9-10-18(20)21)16-4-2-3-12-19-16;1-2/h2-8,12,17H,9-11,13H2,1H3;1-2H3. The third-order valence-corrected chi connectivity index (χ3v) is 4.16. The molecule has 0 saturated carbocycles. The van der Waals surface area contributed by atoms with E-state index in [-0.39, 0.29) is 11.9 Å². The Bertz CT molecular complexity index is 626. The van der Waals surface area contributed by atoms with Crippen molar-refractivity contribution in [1.82, 2.24) is 9.88 Å². The lowest BCUT2D eigenvalue weighted by Gasteiger charge is -2.24. The number of benzene rings is 1. The van der Waals surface area contributed by atoms with Gasteiger partial charge in [-0.1, -0.05) is 32.0 Å². The minimum absolute atomic E-state index is 0.118. The van der Waals surface area contributed by atoms with Crippen LogP contribution < -0.4 is 4.74 Å². The lowest BCUT2D eigenvalue weighted by Crippen LogP contribution is -2.30. The highest BCUT2D eigenvalue weighted by Gasteiger charge is 2.32. The van der Waals surface area contributed by atoms with Crippen LogP contribution >= 0.6 is 0 Å². The van der Waals surface area contributed by atoms with E-state index in [0.717, 1.165) is 30.8 Å². The highest BCUT2D eigenvalue weighted by Crippen LogP contribution is 2.31. The fourth-order valence-electron chi connectivity index (χ4n) is 2.94. The number of amides is 1. The van der Waals surface area contributed by atoms with Gasteiger partial charge in [-0.3, -0.25) is 9.78 Å². The average molecular weight is 326 g/mol. The number of methoxy groups -OCH3 is 1. The molecule has 0 spiro atoms. The molecule has 24 heavy (non-hydrogen) atoms. The molecular formula is C20H26N2O2. The first-order chi connectivity index (χ1) is 11.8. The number of carbonyl (C=O) groups excluding carboxylic acids is 1. The van der Waals surface area contributed by atoms with E-state index in [0.29, 0.717) is 6.42 Å². The minimum atomic E-state index is 0.118. The van der Waals surface area contributed by atoms with Crippen LogP contribution in [0.25, 0.3) is 0 Å². The molecule has 1 aliphatic heterocycles. The Labute approximate surface area is 144 Å². The van der Waals surface area contributed by atoms with Crippen molar-refractivity contribution in [1.29, 1.82) is 0 Å². The summed E-state index contributed by atoms with van der Waals surface area (Å²) in [5.74, 6) is 1.08. The van der Waals surface area contributed by atoms with Gasteiger partial charge in [0.15, 0.2) is 0 Å². The molecule has 1 aromatic heterocycles. The molecule has 0 N–H and O–H groups in total. The van der Waals surface area contributed by atoms with Crippen molar-refractivity contribution < 1.29 is 9.53 Å². The van der Waals surface area contributed by atoms with E-state index in [4.69, 9.17) is 4.74 Å². The van der Waals surface area contributed by atoms with E-state index in [1.165, 1.54) is 5.56 Å². The van der Waals surface area contributed by atoms with Crippen molar-refractivity contribution in [3.8, 4) is 5.75 Å². The average Bonchev–Trinajstić information content (AvgIpc) is 3.03. The first-order valence-corrected chi connectivity index (χ1v) is 8.61. The molecule has 128 valence electrons. The number of aromatic nitrogens is 1. The SMILES string of the molecule is CC.COc1ccc(CCN2C(=O)CCC2c2ccccn2)cc1. The summed E-state index contributed by atoms with van der Waals surface area (Å²) in [6.45, 7) is 4.73. The van der Waals surface area contributed by atoms with E-state index in [9.17, 15) is 4.79 Å². The van der Waals surface area contributed by atoms with Gasteiger partial charge in [-0.05, 0) is 42.7 Å². The van der Waals surface area contributed by atoms with Crippen molar-refractivity contribution in [2.24, 2.45) is 0 Å². The monoisotopic (exact) mass is 326 g/mol. The predicted molar refractivity (Wildman–Crippen MR) is 96.0 cm³/mol. The summed E-state index contributed by atoms with van der Waals surface area (Å²) in [4.78, 5) is 18.5. The van der Waals surface area contributed by atoms with E-state index in [1.54, 1.807) is 13.3 Å². The van der Waals surface area contributed by atoms with Gasteiger partial charge in [0.05, 0.1) is 18.8 Å². The van der Waals surface area contributed by atoms with Crippen LogP contribution in [0.1, 0.15) is 44.0 Å². The van der Waals surface area contributed by atoms with Crippen molar-refractivity contribution >= 4 is 5.91 Å². The van der Waals surface area contributed by atoms with Crippen molar-refractivity contribution in [3.05, 3.63) is 59.9 Å². The Morgan fingerprint density at radius 1 is 1.17 bits per heavy atom. The summed E-state index contributed by atoms with van der Waals surface area (Å²) in [6, 6.07) is 14.0. The number of nitrogens with zero attached hydrogens (tertiary/aromatic N) is 2. The number of hydrogen-bond acceptors (Lipinski definition) is 3. The largest absolute Gasteiger partial charge is 0.497 e. The summed E-state index contributed by atoms with van der Waals surface area (Å²) < 4.78 is 5.17. The third-order valence-electron chi connectivity index (χ3n) is 4.16. The first kappa shape index (κ1) is 18.0. The minimum Gasteiger partial charge on any atom is -0.497 e. The molecule has 0 radical (unpaired) electrons. The second-order valence-electron chi connectivity index (χ2n) is 5.49. The molecule has 1 unspecified atom stereocenters. The highest BCUT2D eigenvalue weighted by atomic mass is 16.5. The molecule has 1 saturated heterocycles. The van der Waals surface area contributed by atoms with Gasteiger partial charge in [0.1, 0.15) is 5.75 Å². The molecule has 4 nitrogen and oxygen atoms in total. The summed E-state index contributed by atoms with van der Waals surface area (Å²) >= 11 is 0. The topological polar surface area (TPSA) is 42.4 Å². The molecule has 1 amide bonds. The van der Waals surface area contributed by atoms with Gasteiger partial charge in [-0.25, -0.2) is 0 Å². The maximum atomic E-state index is 12.2. The van der Waals surface area contributed by atoms with Crippen LogP contribution in [0.3, 0.4) is 0 Å². The van der Waals surface area contributed by atoms with Crippen LogP contribution in [0, 0.1) is 0 Å². The summed E-state index contributed by atoms with van der Waals surface area (Å²) in [5, 5.41) is 0. The van der Waals surface area contributed by atoms with Crippen molar-refractivity contribution in [3.63, 3.8) is 0 Å². The van der Waals surface area contributed by atoms with E-state index in [2.05, 4.69) is 17.1 Å². The third kappa shape index (κ3) is 4.34. The maximum Gasteiger partial charge on any atom is 0.223 e. The quantitative estimate of drug-likeness (QED) is 0.833.